The smallest absolute Gasteiger partial charge is 0.339 e. The normalized spacial score (nSPS) is 10.0. The zero-order valence-electron chi connectivity index (χ0n) is 9.67. The number of rotatable bonds is 4. The maximum Gasteiger partial charge on any atom is 0.339 e. The van der Waals surface area contributed by atoms with Crippen LogP contribution in [0.15, 0.2) is 48.5 Å². The van der Waals surface area contributed by atoms with Crippen molar-refractivity contribution in [3.63, 3.8) is 0 Å². The van der Waals surface area contributed by atoms with E-state index in [0.717, 1.165) is 5.56 Å². The summed E-state index contributed by atoms with van der Waals surface area (Å²) in [5.74, 6) is -0.667. The predicted molar refractivity (Wildman–Crippen MR) is 68.6 cm³/mol. The van der Waals surface area contributed by atoms with Gasteiger partial charge in [0.25, 0.3) is 0 Å². The van der Waals surface area contributed by atoms with Crippen LogP contribution >= 0.6 is 0 Å². The van der Waals surface area contributed by atoms with Crippen LogP contribution in [0.3, 0.4) is 0 Å². The van der Waals surface area contributed by atoms with Crippen molar-refractivity contribution < 1.29 is 14.6 Å². The fourth-order valence-corrected chi connectivity index (χ4v) is 1.59. The van der Waals surface area contributed by atoms with Crippen LogP contribution in [0.1, 0.15) is 15.9 Å². The first-order valence-electron chi connectivity index (χ1n) is 5.47. The van der Waals surface area contributed by atoms with Crippen LogP contribution in [-0.4, -0.2) is 11.1 Å². The third kappa shape index (κ3) is 2.60. The molecule has 0 aliphatic carbocycles. The number of anilines is 1. The maximum atomic E-state index is 11.0. The molecular formula is C14H13NO3. The van der Waals surface area contributed by atoms with Gasteiger partial charge in [0, 0.05) is 11.3 Å². The van der Waals surface area contributed by atoms with Crippen LogP contribution in [0.5, 0.6) is 5.75 Å². The summed E-state index contributed by atoms with van der Waals surface area (Å²) < 4.78 is 5.50. The van der Waals surface area contributed by atoms with Gasteiger partial charge in [-0.05, 0) is 18.2 Å². The molecule has 0 heterocycles. The van der Waals surface area contributed by atoms with Crippen LogP contribution in [-0.2, 0) is 6.61 Å². The standard InChI is InChI=1S/C14H13NO3/c15-12-7-3-1-5-10(12)9-18-13-8-4-2-6-11(13)14(16)17/h1-8H,9,15H2,(H,16,17). The third-order valence-electron chi connectivity index (χ3n) is 2.56. The third-order valence-corrected chi connectivity index (χ3v) is 2.56. The molecule has 0 amide bonds. The van der Waals surface area contributed by atoms with Gasteiger partial charge in [0.15, 0.2) is 0 Å². The molecule has 2 aromatic carbocycles. The molecule has 2 aromatic rings. The minimum absolute atomic E-state index is 0.145. The summed E-state index contributed by atoms with van der Waals surface area (Å²) in [6, 6.07) is 13.8. The predicted octanol–water partition coefficient (Wildman–Crippen LogP) is 2.55. The van der Waals surface area contributed by atoms with Crippen LogP contribution in [0.2, 0.25) is 0 Å². The summed E-state index contributed by atoms with van der Waals surface area (Å²) in [6.07, 6.45) is 0. The largest absolute Gasteiger partial charge is 0.488 e. The molecule has 0 unspecified atom stereocenters. The first-order valence-corrected chi connectivity index (χ1v) is 5.47. The van der Waals surface area contributed by atoms with Gasteiger partial charge >= 0.3 is 5.97 Å². The number of carboxylic acids is 1. The lowest BCUT2D eigenvalue weighted by molar-refractivity contribution is 0.0692. The van der Waals surface area contributed by atoms with Gasteiger partial charge in [0.05, 0.1) is 0 Å². The Morgan fingerprint density at radius 3 is 2.50 bits per heavy atom. The van der Waals surface area contributed by atoms with Gasteiger partial charge < -0.3 is 15.6 Å². The van der Waals surface area contributed by atoms with Crippen molar-refractivity contribution in [2.45, 2.75) is 6.61 Å². The molecule has 2 rings (SSSR count). The Labute approximate surface area is 105 Å². The summed E-state index contributed by atoms with van der Waals surface area (Å²) in [6.45, 7) is 0.247. The molecule has 4 nitrogen and oxygen atoms in total. The van der Waals surface area contributed by atoms with Crippen LogP contribution in [0.25, 0.3) is 0 Å². The monoisotopic (exact) mass is 243 g/mol. The van der Waals surface area contributed by atoms with Crippen LogP contribution in [0, 0.1) is 0 Å². The van der Waals surface area contributed by atoms with Crippen molar-refractivity contribution in [2.75, 3.05) is 5.73 Å². The van der Waals surface area contributed by atoms with E-state index in [9.17, 15) is 4.79 Å². The van der Waals surface area contributed by atoms with E-state index in [4.69, 9.17) is 15.6 Å². The molecule has 0 aromatic heterocycles. The Kier molecular flexibility index (Phi) is 3.48. The second-order valence-electron chi connectivity index (χ2n) is 3.79. The molecule has 4 heteroatoms. The molecule has 18 heavy (non-hydrogen) atoms. The molecule has 0 saturated carbocycles. The number of carboxylic acid groups (broad SMARTS) is 1. The van der Waals surface area contributed by atoms with E-state index in [0.29, 0.717) is 11.4 Å². The fraction of sp³-hybridized carbons (Fsp3) is 0.0714. The zero-order valence-corrected chi connectivity index (χ0v) is 9.67. The number of carbonyl (C=O) groups is 1. The first kappa shape index (κ1) is 12.0. The number of hydrogen-bond donors (Lipinski definition) is 2. The van der Waals surface area contributed by atoms with E-state index in [1.807, 2.05) is 18.2 Å². The number of nitrogen functional groups attached to an aromatic ring is 1. The van der Waals surface area contributed by atoms with E-state index in [2.05, 4.69) is 0 Å². The van der Waals surface area contributed by atoms with E-state index in [1.54, 1.807) is 24.3 Å². The van der Waals surface area contributed by atoms with E-state index in [1.165, 1.54) is 6.07 Å². The van der Waals surface area contributed by atoms with Crippen molar-refractivity contribution in [2.24, 2.45) is 0 Å². The van der Waals surface area contributed by atoms with Gasteiger partial charge in [-0.25, -0.2) is 4.79 Å². The summed E-state index contributed by atoms with van der Waals surface area (Å²) in [5, 5.41) is 9.01. The highest BCUT2D eigenvalue weighted by Gasteiger charge is 2.10. The summed E-state index contributed by atoms with van der Waals surface area (Å²) >= 11 is 0. The Bertz CT molecular complexity index is 566. The molecule has 0 atom stereocenters. The molecule has 3 N–H and O–H groups in total. The summed E-state index contributed by atoms with van der Waals surface area (Å²) in [5.41, 5.74) is 7.39. The molecule has 0 aliphatic rings. The molecule has 0 radical (unpaired) electrons. The molecule has 92 valence electrons. The van der Waals surface area contributed by atoms with Crippen molar-refractivity contribution in [1.82, 2.24) is 0 Å². The minimum Gasteiger partial charge on any atom is -0.488 e. The fourth-order valence-electron chi connectivity index (χ4n) is 1.59. The number of ether oxygens (including phenoxy) is 1. The topological polar surface area (TPSA) is 72.5 Å². The average molecular weight is 243 g/mol. The highest BCUT2D eigenvalue weighted by atomic mass is 16.5. The summed E-state index contributed by atoms with van der Waals surface area (Å²) in [4.78, 5) is 11.0. The highest BCUT2D eigenvalue weighted by molar-refractivity contribution is 5.90. The van der Waals surface area contributed by atoms with Gasteiger partial charge in [-0.1, -0.05) is 30.3 Å². The van der Waals surface area contributed by atoms with Gasteiger partial charge in [0.2, 0.25) is 0 Å². The molecule has 0 bridgehead atoms. The van der Waals surface area contributed by atoms with Crippen molar-refractivity contribution in [3.05, 3.63) is 59.7 Å². The lowest BCUT2D eigenvalue weighted by Crippen LogP contribution is -2.04. The van der Waals surface area contributed by atoms with E-state index in [-0.39, 0.29) is 12.2 Å². The lowest BCUT2D eigenvalue weighted by atomic mass is 10.2. The van der Waals surface area contributed by atoms with E-state index < -0.39 is 5.97 Å². The van der Waals surface area contributed by atoms with Gasteiger partial charge in [-0.2, -0.15) is 0 Å². The van der Waals surface area contributed by atoms with Gasteiger partial charge in [-0.3, -0.25) is 0 Å². The summed E-state index contributed by atoms with van der Waals surface area (Å²) in [7, 11) is 0. The van der Waals surface area contributed by atoms with Crippen LogP contribution < -0.4 is 10.5 Å². The minimum atomic E-state index is -1.01. The second kappa shape index (κ2) is 5.23. The molecule has 0 saturated heterocycles. The zero-order chi connectivity index (χ0) is 13.0. The Morgan fingerprint density at radius 1 is 1.11 bits per heavy atom. The van der Waals surface area contributed by atoms with Crippen molar-refractivity contribution in [3.8, 4) is 5.75 Å². The van der Waals surface area contributed by atoms with Crippen LogP contribution in [0.4, 0.5) is 5.69 Å². The van der Waals surface area contributed by atoms with Crippen molar-refractivity contribution >= 4 is 11.7 Å². The van der Waals surface area contributed by atoms with Gasteiger partial charge in [-0.15, -0.1) is 0 Å². The first-order chi connectivity index (χ1) is 8.68. The van der Waals surface area contributed by atoms with Gasteiger partial charge in [0.1, 0.15) is 17.9 Å². The van der Waals surface area contributed by atoms with E-state index >= 15 is 0 Å². The number of para-hydroxylation sites is 2. The molecule has 0 spiro atoms. The second-order valence-corrected chi connectivity index (χ2v) is 3.79. The molecule has 0 fully saturated rings. The van der Waals surface area contributed by atoms with Crippen molar-refractivity contribution in [1.29, 1.82) is 0 Å². The lowest BCUT2D eigenvalue weighted by Gasteiger charge is -2.10. The quantitative estimate of drug-likeness (QED) is 0.809. The number of aromatic carboxylic acids is 1. The average Bonchev–Trinajstić information content (AvgIpc) is 2.38. The number of hydrogen-bond acceptors (Lipinski definition) is 3. The SMILES string of the molecule is Nc1ccccc1COc1ccccc1C(=O)O. The Hall–Kier alpha value is -2.49. The maximum absolute atomic E-state index is 11.0. The number of nitrogens with two attached hydrogens (primary N) is 1. The molecular weight excluding hydrogens is 230 g/mol. The Morgan fingerprint density at radius 2 is 1.78 bits per heavy atom. The highest BCUT2D eigenvalue weighted by Crippen LogP contribution is 2.20. The molecule has 0 aliphatic heterocycles. The Balaban J connectivity index is 2.16. The number of benzene rings is 2.